The van der Waals surface area contributed by atoms with E-state index in [2.05, 4.69) is 47.0 Å². The first-order valence-electron chi connectivity index (χ1n) is 4.30. The Balaban J connectivity index is 2.27. The van der Waals surface area contributed by atoms with Crippen molar-refractivity contribution in [2.24, 2.45) is 0 Å². The summed E-state index contributed by atoms with van der Waals surface area (Å²) < 4.78 is 7.07. The molecular weight excluding hydrogens is 295 g/mol. The van der Waals surface area contributed by atoms with E-state index in [1.165, 1.54) is 21.3 Å². The fourth-order valence-corrected chi connectivity index (χ4v) is 2.48. The van der Waals surface area contributed by atoms with Crippen LogP contribution in [0, 0.1) is 3.57 Å². The Morgan fingerprint density at radius 3 is 2.85 bits per heavy atom. The molecule has 3 heteroatoms. The Kier molecular flexibility index (Phi) is 3.03. The number of para-hydroxylation sites is 1. The maximum Gasteiger partial charge on any atom is 0.146 e. The topological polar surface area (TPSA) is 9.23 Å². The zero-order valence-electron chi connectivity index (χ0n) is 7.42. The Labute approximate surface area is 96.4 Å². The molecule has 2 rings (SSSR count). The fraction of sp³-hybridized carbons (Fsp3) is 0.400. The van der Waals surface area contributed by atoms with Gasteiger partial charge in [-0.05, 0) is 53.8 Å². The molecule has 0 aromatic heterocycles. The van der Waals surface area contributed by atoms with Gasteiger partial charge in [0, 0.05) is 0 Å². The fourth-order valence-electron chi connectivity index (χ4n) is 1.12. The van der Waals surface area contributed by atoms with Crippen molar-refractivity contribution in [1.82, 2.24) is 0 Å². The van der Waals surface area contributed by atoms with Crippen molar-refractivity contribution in [2.75, 3.05) is 6.26 Å². The third kappa shape index (κ3) is 2.31. The molecule has 0 radical (unpaired) electrons. The molecule has 70 valence electrons. The lowest BCUT2D eigenvalue weighted by molar-refractivity contribution is 0.294. The first-order valence-corrected chi connectivity index (χ1v) is 6.61. The summed E-state index contributed by atoms with van der Waals surface area (Å²) in [6.45, 7) is 0. The van der Waals surface area contributed by atoms with Gasteiger partial charge in [-0.2, -0.15) is 0 Å². The SMILES string of the molecule is CSc1cccc(I)c1OC1CC1. The van der Waals surface area contributed by atoms with Crippen LogP contribution in [0.5, 0.6) is 5.75 Å². The molecule has 0 aliphatic heterocycles. The summed E-state index contributed by atoms with van der Waals surface area (Å²) in [6.07, 6.45) is 5.02. The highest BCUT2D eigenvalue weighted by molar-refractivity contribution is 14.1. The van der Waals surface area contributed by atoms with Gasteiger partial charge in [0.05, 0.1) is 14.6 Å². The van der Waals surface area contributed by atoms with Crippen LogP contribution in [-0.2, 0) is 0 Å². The second kappa shape index (κ2) is 4.09. The standard InChI is InChI=1S/C10H11IOS/c1-13-9-4-2-3-8(11)10(9)12-7-5-6-7/h2-4,7H,5-6H2,1H3. The molecule has 0 atom stereocenters. The van der Waals surface area contributed by atoms with Gasteiger partial charge in [-0.15, -0.1) is 11.8 Å². The van der Waals surface area contributed by atoms with Crippen molar-refractivity contribution < 1.29 is 4.74 Å². The van der Waals surface area contributed by atoms with Gasteiger partial charge in [0.15, 0.2) is 0 Å². The molecule has 0 saturated heterocycles. The van der Waals surface area contributed by atoms with Gasteiger partial charge >= 0.3 is 0 Å². The highest BCUT2D eigenvalue weighted by Crippen LogP contribution is 2.36. The zero-order chi connectivity index (χ0) is 9.26. The molecule has 0 N–H and O–H groups in total. The molecule has 13 heavy (non-hydrogen) atoms. The van der Waals surface area contributed by atoms with Crippen LogP contribution in [0.3, 0.4) is 0 Å². The summed E-state index contributed by atoms with van der Waals surface area (Å²) >= 11 is 4.08. The van der Waals surface area contributed by atoms with E-state index in [9.17, 15) is 0 Å². The number of ether oxygens (including phenoxy) is 1. The number of thioether (sulfide) groups is 1. The van der Waals surface area contributed by atoms with Crippen molar-refractivity contribution in [3.05, 3.63) is 21.8 Å². The molecule has 1 aromatic rings. The van der Waals surface area contributed by atoms with Crippen LogP contribution < -0.4 is 4.74 Å². The van der Waals surface area contributed by atoms with Crippen LogP contribution in [0.4, 0.5) is 0 Å². The van der Waals surface area contributed by atoms with E-state index >= 15 is 0 Å². The lowest BCUT2D eigenvalue weighted by Gasteiger charge is -2.10. The van der Waals surface area contributed by atoms with Crippen LogP contribution in [-0.4, -0.2) is 12.4 Å². The monoisotopic (exact) mass is 306 g/mol. The highest BCUT2D eigenvalue weighted by Gasteiger charge is 2.25. The quantitative estimate of drug-likeness (QED) is 0.624. The summed E-state index contributed by atoms with van der Waals surface area (Å²) in [7, 11) is 0. The second-order valence-corrected chi connectivity index (χ2v) is 5.10. The van der Waals surface area contributed by atoms with Crippen LogP contribution >= 0.6 is 34.4 Å². The van der Waals surface area contributed by atoms with Crippen molar-refractivity contribution >= 4 is 34.4 Å². The number of benzene rings is 1. The minimum absolute atomic E-state index is 0.488. The number of hydrogen-bond donors (Lipinski definition) is 0. The Morgan fingerprint density at radius 1 is 1.46 bits per heavy atom. The molecular formula is C10H11IOS. The molecule has 1 saturated carbocycles. The molecule has 1 nitrogen and oxygen atoms in total. The minimum atomic E-state index is 0.488. The maximum absolute atomic E-state index is 5.85. The summed E-state index contributed by atoms with van der Waals surface area (Å²) in [5, 5.41) is 0. The molecule has 1 aliphatic carbocycles. The number of halogens is 1. The predicted octanol–water partition coefficient (Wildman–Crippen LogP) is 3.55. The molecule has 0 unspecified atom stereocenters. The number of rotatable bonds is 3. The lowest BCUT2D eigenvalue weighted by Crippen LogP contribution is -1.99. The average molecular weight is 306 g/mol. The van der Waals surface area contributed by atoms with E-state index in [0.717, 1.165) is 5.75 Å². The maximum atomic E-state index is 5.85. The Hall–Kier alpha value is 0.1000. The van der Waals surface area contributed by atoms with Gasteiger partial charge in [0.2, 0.25) is 0 Å². The molecule has 0 heterocycles. The van der Waals surface area contributed by atoms with Gasteiger partial charge in [0.1, 0.15) is 5.75 Å². The third-order valence-corrected chi connectivity index (χ3v) is 3.57. The smallest absolute Gasteiger partial charge is 0.146 e. The molecule has 0 amide bonds. The molecule has 0 spiro atoms. The van der Waals surface area contributed by atoms with Crippen LogP contribution in [0.15, 0.2) is 23.1 Å². The van der Waals surface area contributed by atoms with Gasteiger partial charge in [-0.3, -0.25) is 0 Å². The first-order chi connectivity index (χ1) is 6.31. The lowest BCUT2D eigenvalue weighted by atomic mass is 10.3. The van der Waals surface area contributed by atoms with Crippen LogP contribution in [0.25, 0.3) is 0 Å². The largest absolute Gasteiger partial charge is 0.488 e. The second-order valence-electron chi connectivity index (χ2n) is 3.09. The van der Waals surface area contributed by atoms with Gasteiger partial charge < -0.3 is 4.74 Å². The van der Waals surface area contributed by atoms with Crippen LogP contribution in [0.2, 0.25) is 0 Å². The Bertz CT molecular complexity index is 310. The Morgan fingerprint density at radius 2 is 2.23 bits per heavy atom. The summed E-state index contributed by atoms with van der Waals surface area (Å²) in [6, 6.07) is 6.29. The van der Waals surface area contributed by atoms with E-state index in [1.54, 1.807) is 11.8 Å². The van der Waals surface area contributed by atoms with Crippen molar-refractivity contribution in [1.29, 1.82) is 0 Å². The summed E-state index contributed by atoms with van der Waals surface area (Å²) in [4.78, 5) is 1.25. The first kappa shape index (κ1) is 9.65. The van der Waals surface area contributed by atoms with Crippen molar-refractivity contribution in [3.63, 3.8) is 0 Å². The van der Waals surface area contributed by atoms with Gasteiger partial charge in [0.25, 0.3) is 0 Å². The predicted molar refractivity (Wildman–Crippen MR) is 64.6 cm³/mol. The van der Waals surface area contributed by atoms with E-state index in [-0.39, 0.29) is 0 Å². The molecule has 1 aromatic carbocycles. The van der Waals surface area contributed by atoms with Crippen LogP contribution in [0.1, 0.15) is 12.8 Å². The van der Waals surface area contributed by atoms with E-state index < -0.39 is 0 Å². The van der Waals surface area contributed by atoms with Gasteiger partial charge in [-0.1, -0.05) is 6.07 Å². The number of hydrogen-bond acceptors (Lipinski definition) is 2. The highest BCUT2D eigenvalue weighted by atomic mass is 127. The van der Waals surface area contributed by atoms with E-state index in [4.69, 9.17) is 4.74 Å². The normalized spacial score (nSPS) is 15.8. The van der Waals surface area contributed by atoms with E-state index in [0.29, 0.717) is 6.10 Å². The van der Waals surface area contributed by atoms with Gasteiger partial charge in [-0.25, -0.2) is 0 Å². The zero-order valence-corrected chi connectivity index (χ0v) is 10.4. The van der Waals surface area contributed by atoms with Crippen molar-refractivity contribution in [2.45, 2.75) is 23.8 Å². The summed E-state index contributed by atoms with van der Waals surface area (Å²) in [5.74, 6) is 1.08. The summed E-state index contributed by atoms with van der Waals surface area (Å²) in [5.41, 5.74) is 0. The molecule has 1 aliphatic rings. The average Bonchev–Trinajstić information content (AvgIpc) is 2.92. The van der Waals surface area contributed by atoms with E-state index in [1.807, 2.05) is 0 Å². The molecule has 1 fully saturated rings. The van der Waals surface area contributed by atoms with Crippen molar-refractivity contribution in [3.8, 4) is 5.75 Å². The third-order valence-electron chi connectivity index (χ3n) is 1.96. The molecule has 0 bridgehead atoms. The minimum Gasteiger partial charge on any atom is -0.488 e.